The highest BCUT2D eigenvalue weighted by molar-refractivity contribution is 5.80. The molecule has 7 nitrogen and oxygen atoms in total. The minimum atomic E-state index is -0.807. The quantitative estimate of drug-likeness (QED) is 0.382. The van der Waals surface area contributed by atoms with E-state index in [1.807, 2.05) is 42.5 Å². The fourth-order valence-electron chi connectivity index (χ4n) is 4.58. The zero-order chi connectivity index (χ0) is 24.2. The molecule has 1 N–H and O–H groups in total. The van der Waals surface area contributed by atoms with Gasteiger partial charge in [-0.25, -0.2) is 4.79 Å². The lowest BCUT2D eigenvalue weighted by molar-refractivity contribution is -0.120. The monoisotopic (exact) mass is 467 g/mol. The maximum absolute atomic E-state index is 13.2. The first-order valence-corrected chi connectivity index (χ1v) is 12.0. The van der Waals surface area contributed by atoms with E-state index in [4.69, 9.17) is 9.47 Å². The lowest BCUT2D eigenvalue weighted by atomic mass is 9.87. The molecular formula is C27H37N3O4. The van der Waals surface area contributed by atoms with Crippen LogP contribution in [-0.2, 0) is 22.5 Å². The number of nitrogens with one attached hydrogen (secondary N) is 1. The Balaban J connectivity index is 1.56. The first-order valence-electron chi connectivity index (χ1n) is 12.0. The van der Waals surface area contributed by atoms with Crippen LogP contribution in [0, 0.1) is 0 Å². The Morgan fingerprint density at radius 3 is 2.47 bits per heavy atom. The molecule has 0 saturated carbocycles. The topological polar surface area (TPSA) is 71.1 Å². The van der Waals surface area contributed by atoms with Crippen molar-refractivity contribution >= 4 is 12.3 Å². The number of carbonyl (C=O) groups is 2. The molecule has 184 valence electrons. The van der Waals surface area contributed by atoms with Crippen molar-refractivity contribution in [3.8, 4) is 5.75 Å². The standard InChI is InChI=1S/C27H37N3O4/c1-33-20-19-30(26(32)28-16-8-12-24-11-6-7-13-25(24)34-2)27(22-31)14-17-29(18-15-27)21-23-9-4-3-5-10-23/h3-7,9-11,13,22H,8,12,14-21H2,1-2H3,(H,28,32). The summed E-state index contributed by atoms with van der Waals surface area (Å²) in [6, 6.07) is 18.0. The van der Waals surface area contributed by atoms with Crippen molar-refractivity contribution < 1.29 is 19.1 Å². The summed E-state index contributed by atoms with van der Waals surface area (Å²) in [5.74, 6) is 0.859. The number of methoxy groups -OCH3 is 2. The molecule has 1 saturated heterocycles. The number of para-hydroxylation sites is 1. The van der Waals surface area contributed by atoms with Crippen LogP contribution < -0.4 is 10.1 Å². The minimum Gasteiger partial charge on any atom is -0.496 e. The van der Waals surface area contributed by atoms with Crippen molar-refractivity contribution in [3.63, 3.8) is 0 Å². The second kappa shape index (κ2) is 13.1. The number of urea groups is 1. The number of aldehydes is 1. The Labute approximate surface area is 203 Å². The van der Waals surface area contributed by atoms with Crippen LogP contribution in [0.25, 0.3) is 0 Å². The van der Waals surface area contributed by atoms with Crippen LogP contribution in [-0.4, -0.2) is 74.7 Å². The fourth-order valence-corrected chi connectivity index (χ4v) is 4.58. The summed E-state index contributed by atoms with van der Waals surface area (Å²) in [7, 11) is 3.28. The summed E-state index contributed by atoms with van der Waals surface area (Å²) in [6.45, 7) is 3.67. The maximum atomic E-state index is 13.2. The summed E-state index contributed by atoms with van der Waals surface area (Å²) in [5.41, 5.74) is 1.56. The molecule has 0 aliphatic carbocycles. The second-order valence-electron chi connectivity index (χ2n) is 8.77. The molecule has 1 heterocycles. The number of benzene rings is 2. The molecule has 0 bridgehead atoms. The van der Waals surface area contributed by atoms with Gasteiger partial charge in [-0.15, -0.1) is 0 Å². The molecule has 1 aliphatic heterocycles. The highest BCUT2D eigenvalue weighted by atomic mass is 16.5. The van der Waals surface area contributed by atoms with Gasteiger partial charge in [0.25, 0.3) is 0 Å². The lowest BCUT2D eigenvalue weighted by Gasteiger charge is -2.45. The summed E-state index contributed by atoms with van der Waals surface area (Å²) in [6.07, 6.45) is 3.78. The Morgan fingerprint density at radius 1 is 1.09 bits per heavy atom. The zero-order valence-corrected chi connectivity index (χ0v) is 20.4. The Hall–Kier alpha value is -2.90. The maximum Gasteiger partial charge on any atom is 0.318 e. The van der Waals surface area contributed by atoms with Crippen molar-refractivity contribution in [1.29, 1.82) is 0 Å². The molecule has 0 radical (unpaired) electrons. The molecule has 7 heteroatoms. The molecule has 1 aliphatic rings. The molecular weight excluding hydrogens is 430 g/mol. The van der Waals surface area contributed by atoms with Gasteiger partial charge in [0.05, 0.1) is 13.7 Å². The molecule has 0 unspecified atom stereocenters. The van der Waals surface area contributed by atoms with Crippen LogP contribution in [0.1, 0.15) is 30.4 Å². The summed E-state index contributed by atoms with van der Waals surface area (Å²) in [4.78, 5) is 29.6. The van der Waals surface area contributed by atoms with Crippen LogP contribution in [0.3, 0.4) is 0 Å². The first kappa shape index (κ1) is 25.7. The van der Waals surface area contributed by atoms with Gasteiger partial charge in [-0.2, -0.15) is 0 Å². The van der Waals surface area contributed by atoms with Gasteiger partial charge in [-0.3, -0.25) is 4.90 Å². The number of rotatable bonds is 12. The number of nitrogens with zero attached hydrogens (tertiary/aromatic N) is 2. The van der Waals surface area contributed by atoms with Gasteiger partial charge in [-0.05, 0) is 42.9 Å². The number of aryl methyl sites for hydroxylation is 1. The van der Waals surface area contributed by atoms with Gasteiger partial charge in [0, 0.05) is 39.8 Å². The summed E-state index contributed by atoms with van der Waals surface area (Å²) in [5, 5.41) is 3.02. The average molecular weight is 468 g/mol. The summed E-state index contributed by atoms with van der Waals surface area (Å²) >= 11 is 0. The SMILES string of the molecule is COCCN(C(=O)NCCCc1ccccc1OC)C1(C=O)CCN(Cc2ccccc2)CC1. The largest absolute Gasteiger partial charge is 0.496 e. The molecule has 0 atom stereocenters. The molecule has 0 spiro atoms. The number of likely N-dealkylation sites (tertiary alicyclic amines) is 1. The van der Waals surface area contributed by atoms with E-state index in [0.717, 1.165) is 50.1 Å². The van der Waals surface area contributed by atoms with E-state index >= 15 is 0 Å². The van der Waals surface area contributed by atoms with Gasteiger partial charge in [0.15, 0.2) is 0 Å². The predicted molar refractivity (Wildman–Crippen MR) is 133 cm³/mol. The average Bonchev–Trinajstić information content (AvgIpc) is 2.88. The van der Waals surface area contributed by atoms with E-state index < -0.39 is 5.54 Å². The van der Waals surface area contributed by atoms with Crippen molar-refractivity contribution in [1.82, 2.24) is 15.1 Å². The van der Waals surface area contributed by atoms with Gasteiger partial charge >= 0.3 is 6.03 Å². The molecule has 1 fully saturated rings. The third-order valence-electron chi connectivity index (χ3n) is 6.58. The van der Waals surface area contributed by atoms with Crippen molar-refractivity contribution in [2.24, 2.45) is 0 Å². The van der Waals surface area contributed by atoms with Gasteiger partial charge < -0.3 is 24.5 Å². The first-order chi connectivity index (χ1) is 16.6. The number of hydrogen-bond donors (Lipinski definition) is 1. The Kier molecular flexibility index (Phi) is 9.91. The molecule has 2 aromatic carbocycles. The van der Waals surface area contributed by atoms with E-state index in [1.165, 1.54) is 5.56 Å². The van der Waals surface area contributed by atoms with Gasteiger partial charge in [0.1, 0.15) is 17.6 Å². The normalized spacial score (nSPS) is 15.5. The van der Waals surface area contributed by atoms with Crippen molar-refractivity contribution in [3.05, 3.63) is 65.7 Å². The third-order valence-corrected chi connectivity index (χ3v) is 6.58. The van der Waals surface area contributed by atoms with Crippen LogP contribution in [0.2, 0.25) is 0 Å². The van der Waals surface area contributed by atoms with Crippen LogP contribution in [0.5, 0.6) is 5.75 Å². The predicted octanol–water partition coefficient (Wildman–Crippen LogP) is 3.52. The van der Waals surface area contributed by atoms with E-state index in [2.05, 4.69) is 22.3 Å². The second-order valence-corrected chi connectivity index (χ2v) is 8.77. The number of carbonyl (C=O) groups excluding carboxylic acids is 2. The van der Waals surface area contributed by atoms with Crippen LogP contribution in [0.4, 0.5) is 4.79 Å². The Bertz CT molecular complexity index is 898. The van der Waals surface area contributed by atoms with Crippen molar-refractivity contribution in [2.75, 3.05) is 47.0 Å². The number of piperidine rings is 1. The molecule has 2 aromatic rings. The lowest BCUT2D eigenvalue weighted by Crippen LogP contribution is -2.61. The molecule has 0 aromatic heterocycles. The van der Waals surface area contributed by atoms with Crippen molar-refractivity contribution in [2.45, 2.75) is 37.8 Å². The van der Waals surface area contributed by atoms with E-state index in [1.54, 1.807) is 19.1 Å². The van der Waals surface area contributed by atoms with Crippen LogP contribution >= 0.6 is 0 Å². The highest BCUT2D eigenvalue weighted by Crippen LogP contribution is 2.28. The minimum absolute atomic E-state index is 0.208. The third kappa shape index (κ3) is 6.81. The van der Waals surface area contributed by atoms with Gasteiger partial charge in [-0.1, -0.05) is 48.5 Å². The molecule has 3 rings (SSSR count). The highest BCUT2D eigenvalue weighted by Gasteiger charge is 2.42. The van der Waals surface area contributed by atoms with E-state index in [0.29, 0.717) is 32.5 Å². The van der Waals surface area contributed by atoms with E-state index in [9.17, 15) is 9.59 Å². The fraction of sp³-hybridized carbons (Fsp3) is 0.481. The molecule has 34 heavy (non-hydrogen) atoms. The van der Waals surface area contributed by atoms with E-state index in [-0.39, 0.29) is 6.03 Å². The smallest absolute Gasteiger partial charge is 0.318 e. The molecule has 2 amide bonds. The van der Waals surface area contributed by atoms with Crippen LogP contribution in [0.15, 0.2) is 54.6 Å². The Morgan fingerprint density at radius 2 is 1.79 bits per heavy atom. The summed E-state index contributed by atoms with van der Waals surface area (Å²) < 4.78 is 10.7. The zero-order valence-electron chi connectivity index (χ0n) is 20.4. The van der Waals surface area contributed by atoms with Gasteiger partial charge in [0.2, 0.25) is 0 Å². The number of amides is 2. The number of ether oxygens (including phenoxy) is 2. The number of hydrogen-bond acceptors (Lipinski definition) is 5.